The van der Waals surface area contributed by atoms with E-state index in [1.165, 1.54) is 38.1 Å². The first kappa shape index (κ1) is 25.0. The number of pyridine rings is 1. The Labute approximate surface area is 208 Å². The molecule has 36 heavy (non-hydrogen) atoms. The van der Waals surface area contributed by atoms with Crippen molar-refractivity contribution in [3.8, 4) is 28.6 Å². The second-order valence-corrected chi connectivity index (χ2v) is 9.85. The predicted octanol–water partition coefficient (Wildman–Crippen LogP) is 2.31. The Balaban J connectivity index is 1.81. The molecule has 0 aliphatic heterocycles. The molecule has 0 bridgehead atoms. The Morgan fingerprint density at radius 3 is 2.31 bits per heavy atom. The molecule has 0 amide bonds. The van der Waals surface area contributed by atoms with Gasteiger partial charge in [-0.2, -0.15) is 0 Å². The first-order chi connectivity index (χ1) is 17.3. The molecule has 2 N–H and O–H groups in total. The number of anilines is 1. The van der Waals surface area contributed by atoms with E-state index in [0.29, 0.717) is 34.3 Å². The van der Waals surface area contributed by atoms with E-state index in [2.05, 4.69) is 29.9 Å². The number of rotatable bonds is 9. The van der Waals surface area contributed by atoms with Crippen molar-refractivity contribution in [2.75, 3.05) is 18.9 Å². The molecule has 0 aliphatic carbocycles. The van der Waals surface area contributed by atoms with Crippen LogP contribution in [-0.4, -0.2) is 62.7 Å². The van der Waals surface area contributed by atoms with Gasteiger partial charge in [-0.1, -0.05) is 6.07 Å². The lowest BCUT2D eigenvalue weighted by molar-refractivity contribution is 0.171. The van der Waals surface area contributed by atoms with Crippen molar-refractivity contribution in [3.05, 3.63) is 66.5 Å². The van der Waals surface area contributed by atoms with Crippen LogP contribution in [0.4, 0.5) is 5.95 Å². The number of hydrogen-bond donors (Lipinski definition) is 2. The van der Waals surface area contributed by atoms with Crippen LogP contribution >= 0.6 is 0 Å². The number of aromatic nitrogens is 6. The van der Waals surface area contributed by atoms with Crippen molar-refractivity contribution >= 4 is 16.0 Å². The zero-order valence-electron chi connectivity index (χ0n) is 20.0. The Bertz CT molecular complexity index is 1420. The van der Waals surface area contributed by atoms with Crippen LogP contribution in [0.5, 0.6) is 11.5 Å². The van der Waals surface area contributed by atoms with E-state index in [9.17, 15) is 13.5 Å². The fourth-order valence-corrected chi connectivity index (χ4v) is 4.53. The molecular formula is C23H25N7O5S. The summed E-state index contributed by atoms with van der Waals surface area (Å²) >= 11 is 0. The minimum absolute atomic E-state index is 0.127. The molecule has 12 nitrogen and oxygen atoms in total. The highest BCUT2D eigenvalue weighted by molar-refractivity contribution is 7.93. The van der Waals surface area contributed by atoms with Crippen LogP contribution in [0.1, 0.15) is 24.4 Å². The molecule has 0 spiro atoms. The molecule has 4 aromatic rings. The van der Waals surface area contributed by atoms with Crippen LogP contribution in [0.15, 0.2) is 55.1 Å². The SMILES string of the molecule is COc1cccc(OC)c1-n1c(NS(=O)(=O)[C@@H](C)[C@H](O)c2cnc(C)cn2)nnc1-c1cccnc1. The molecule has 0 saturated carbocycles. The molecule has 3 aromatic heterocycles. The van der Waals surface area contributed by atoms with E-state index >= 15 is 0 Å². The van der Waals surface area contributed by atoms with Gasteiger partial charge in [0, 0.05) is 24.2 Å². The molecular weight excluding hydrogens is 486 g/mol. The third-order valence-electron chi connectivity index (χ3n) is 5.48. The van der Waals surface area contributed by atoms with Crippen molar-refractivity contribution in [3.63, 3.8) is 0 Å². The minimum Gasteiger partial charge on any atom is -0.494 e. The van der Waals surface area contributed by atoms with Crippen molar-refractivity contribution in [1.29, 1.82) is 0 Å². The van der Waals surface area contributed by atoms with Crippen LogP contribution in [0, 0.1) is 6.92 Å². The smallest absolute Gasteiger partial charge is 0.243 e. The number of nitrogens with one attached hydrogen (secondary N) is 1. The third kappa shape index (κ3) is 4.83. The summed E-state index contributed by atoms with van der Waals surface area (Å²) in [5, 5.41) is 17.7. The van der Waals surface area contributed by atoms with E-state index in [0.717, 1.165) is 0 Å². The summed E-state index contributed by atoms with van der Waals surface area (Å²) < 4.78 is 41.7. The van der Waals surface area contributed by atoms with Crippen LogP contribution in [0.3, 0.4) is 0 Å². The maximum absolute atomic E-state index is 13.3. The lowest BCUT2D eigenvalue weighted by atomic mass is 10.2. The average molecular weight is 512 g/mol. The van der Waals surface area contributed by atoms with Gasteiger partial charge >= 0.3 is 0 Å². The molecule has 0 aliphatic rings. The number of nitrogens with zero attached hydrogens (tertiary/aromatic N) is 6. The molecule has 1 aromatic carbocycles. The van der Waals surface area contributed by atoms with Gasteiger partial charge in [0.05, 0.1) is 31.8 Å². The van der Waals surface area contributed by atoms with Gasteiger partial charge in [-0.25, -0.2) is 8.42 Å². The Morgan fingerprint density at radius 1 is 1.00 bits per heavy atom. The number of aliphatic hydroxyl groups excluding tert-OH is 1. The van der Waals surface area contributed by atoms with Crippen molar-refractivity contribution in [2.45, 2.75) is 25.2 Å². The number of methoxy groups -OCH3 is 2. The lowest BCUT2D eigenvalue weighted by Gasteiger charge is -2.21. The van der Waals surface area contributed by atoms with Gasteiger partial charge < -0.3 is 14.6 Å². The normalized spacial score (nSPS) is 13.1. The molecule has 2 atom stereocenters. The Morgan fingerprint density at radius 2 is 1.72 bits per heavy atom. The summed E-state index contributed by atoms with van der Waals surface area (Å²) in [5.41, 5.74) is 1.72. The van der Waals surface area contributed by atoms with Gasteiger partial charge in [-0.15, -0.1) is 10.2 Å². The molecule has 0 radical (unpaired) electrons. The van der Waals surface area contributed by atoms with Crippen molar-refractivity contribution in [1.82, 2.24) is 29.7 Å². The largest absolute Gasteiger partial charge is 0.494 e. The maximum atomic E-state index is 13.3. The molecule has 4 rings (SSSR count). The number of hydrogen-bond acceptors (Lipinski definition) is 10. The Hall–Kier alpha value is -4.10. The van der Waals surface area contributed by atoms with Crippen LogP contribution in [0.2, 0.25) is 0 Å². The molecule has 13 heteroatoms. The third-order valence-corrected chi connectivity index (χ3v) is 7.18. The van der Waals surface area contributed by atoms with E-state index in [-0.39, 0.29) is 11.6 Å². The van der Waals surface area contributed by atoms with Gasteiger partial charge in [0.2, 0.25) is 16.0 Å². The van der Waals surface area contributed by atoms with Gasteiger partial charge in [0.25, 0.3) is 0 Å². The second-order valence-electron chi connectivity index (χ2n) is 7.82. The van der Waals surface area contributed by atoms with Crippen LogP contribution in [-0.2, 0) is 10.0 Å². The number of aryl methyl sites for hydroxylation is 1. The quantitative estimate of drug-likeness (QED) is 0.342. The topological polar surface area (TPSA) is 154 Å². The Kier molecular flexibility index (Phi) is 7.12. The highest BCUT2D eigenvalue weighted by atomic mass is 32.2. The second kappa shape index (κ2) is 10.3. The van der Waals surface area contributed by atoms with Gasteiger partial charge in [-0.05, 0) is 38.1 Å². The zero-order valence-corrected chi connectivity index (χ0v) is 20.8. The van der Waals surface area contributed by atoms with Gasteiger partial charge in [0.15, 0.2) is 5.82 Å². The molecule has 0 fully saturated rings. The van der Waals surface area contributed by atoms with Gasteiger partial charge in [0.1, 0.15) is 28.5 Å². The first-order valence-corrected chi connectivity index (χ1v) is 12.4. The van der Waals surface area contributed by atoms with E-state index in [4.69, 9.17) is 9.47 Å². The summed E-state index contributed by atoms with van der Waals surface area (Å²) in [6.45, 7) is 3.10. The van der Waals surface area contributed by atoms with E-state index in [1.54, 1.807) is 49.6 Å². The van der Waals surface area contributed by atoms with Crippen LogP contribution in [0.25, 0.3) is 17.1 Å². The van der Waals surface area contributed by atoms with Crippen molar-refractivity contribution < 1.29 is 23.0 Å². The van der Waals surface area contributed by atoms with E-state index < -0.39 is 21.4 Å². The predicted molar refractivity (Wildman–Crippen MR) is 131 cm³/mol. The summed E-state index contributed by atoms with van der Waals surface area (Å²) in [4.78, 5) is 12.3. The zero-order chi connectivity index (χ0) is 25.9. The molecule has 188 valence electrons. The summed E-state index contributed by atoms with van der Waals surface area (Å²) in [6, 6.07) is 8.62. The monoisotopic (exact) mass is 511 g/mol. The lowest BCUT2D eigenvalue weighted by Crippen LogP contribution is -2.32. The first-order valence-electron chi connectivity index (χ1n) is 10.8. The summed E-state index contributed by atoms with van der Waals surface area (Å²) in [7, 11) is -1.23. The van der Waals surface area contributed by atoms with Crippen molar-refractivity contribution in [2.24, 2.45) is 0 Å². The fraction of sp³-hybridized carbons (Fsp3) is 0.261. The van der Waals surface area contributed by atoms with Crippen LogP contribution < -0.4 is 14.2 Å². The number of ether oxygens (including phenoxy) is 2. The van der Waals surface area contributed by atoms with Gasteiger partial charge in [-0.3, -0.25) is 24.2 Å². The molecule has 0 unspecified atom stereocenters. The summed E-state index contributed by atoms with van der Waals surface area (Å²) in [5.74, 6) is 0.942. The van der Waals surface area contributed by atoms with E-state index in [1.807, 2.05) is 0 Å². The minimum atomic E-state index is -4.20. The number of aliphatic hydroxyl groups is 1. The standard InChI is InChI=1S/C23H25N7O5S/c1-14-11-26-17(13-25-14)21(31)15(2)36(32,33)29-23-28-27-22(16-7-6-10-24-12-16)30(23)20-18(34-3)8-5-9-19(20)35-4/h5-13,15,21,31H,1-4H3,(H,28,29)/t15-,21-/m0/s1. The fourth-order valence-electron chi connectivity index (χ4n) is 3.48. The number of sulfonamides is 1. The highest BCUT2D eigenvalue weighted by Gasteiger charge is 2.33. The molecule has 0 saturated heterocycles. The average Bonchev–Trinajstić information content (AvgIpc) is 3.30. The maximum Gasteiger partial charge on any atom is 0.243 e. The number of para-hydroxylation sites is 1. The molecule has 3 heterocycles. The number of benzene rings is 1. The summed E-state index contributed by atoms with van der Waals surface area (Å²) in [6.07, 6.45) is 4.54. The highest BCUT2D eigenvalue weighted by Crippen LogP contribution is 2.37.